The first-order valence-corrected chi connectivity index (χ1v) is 6.61. The van der Waals surface area contributed by atoms with Gasteiger partial charge in [0.1, 0.15) is 0 Å². The second-order valence-electron chi connectivity index (χ2n) is 6.33. The van der Waals surface area contributed by atoms with E-state index in [0.717, 1.165) is 19.3 Å². The summed E-state index contributed by atoms with van der Waals surface area (Å²) in [4.78, 5) is 11.1. The molecule has 0 aromatic heterocycles. The molecule has 0 saturated heterocycles. The molecule has 0 radical (unpaired) electrons. The average molecular weight is 250 g/mol. The Hall–Kier alpha value is -1.09. The minimum atomic E-state index is -0.907. The first kappa shape index (κ1) is 13.3. The molecule has 1 saturated carbocycles. The third-order valence-electron chi connectivity index (χ3n) is 4.58. The fraction of sp³-hybridized carbons (Fsp3) is 0.667. The molecular formula is C15H22O3. The summed E-state index contributed by atoms with van der Waals surface area (Å²) < 4.78 is 0. The number of rotatable bonds is 1. The van der Waals surface area contributed by atoms with Crippen molar-refractivity contribution in [2.45, 2.75) is 45.6 Å². The third kappa shape index (κ3) is 2.24. The molecular weight excluding hydrogens is 228 g/mol. The van der Waals surface area contributed by atoms with Crippen molar-refractivity contribution < 1.29 is 15.0 Å². The maximum atomic E-state index is 11.1. The Morgan fingerprint density at radius 1 is 1.50 bits per heavy atom. The second kappa shape index (κ2) is 4.54. The van der Waals surface area contributed by atoms with Crippen LogP contribution in [-0.2, 0) is 4.79 Å². The zero-order valence-electron chi connectivity index (χ0n) is 11.1. The highest BCUT2D eigenvalue weighted by molar-refractivity contribution is 5.86. The van der Waals surface area contributed by atoms with Crippen LogP contribution in [0.15, 0.2) is 23.8 Å². The zero-order chi connectivity index (χ0) is 13.5. The largest absolute Gasteiger partial charge is 0.478 e. The van der Waals surface area contributed by atoms with Gasteiger partial charge in [0.2, 0.25) is 0 Å². The number of hydrogen-bond acceptors (Lipinski definition) is 2. The lowest BCUT2D eigenvalue weighted by atomic mass is 9.51. The van der Waals surface area contributed by atoms with Gasteiger partial charge in [0.15, 0.2) is 0 Å². The summed E-state index contributed by atoms with van der Waals surface area (Å²) in [6, 6.07) is 0. The maximum Gasteiger partial charge on any atom is 0.331 e. The van der Waals surface area contributed by atoms with Crippen LogP contribution in [0.2, 0.25) is 0 Å². The molecule has 0 heterocycles. The highest BCUT2D eigenvalue weighted by atomic mass is 16.4. The van der Waals surface area contributed by atoms with Gasteiger partial charge in [0, 0.05) is 12.0 Å². The highest BCUT2D eigenvalue weighted by Crippen LogP contribution is 2.56. The predicted octanol–water partition coefficient (Wildman–Crippen LogP) is 2.76. The molecule has 0 aliphatic heterocycles. The van der Waals surface area contributed by atoms with E-state index >= 15 is 0 Å². The Labute approximate surface area is 108 Å². The van der Waals surface area contributed by atoms with Crippen molar-refractivity contribution in [3.63, 3.8) is 0 Å². The van der Waals surface area contributed by atoms with Crippen molar-refractivity contribution >= 4 is 5.97 Å². The van der Waals surface area contributed by atoms with E-state index in [1.165, 1.54) is 5.57 Å². The van der Waals surface area contributed by atoms with E-state index in [1.807, 2.05) is 0 Å². The Balaban J connectivity index is 2.25. The summed E-state index contributed by atoms with van der Waals surface area (Å²) in [5, 5.41) is 19.5. The third-order valence-corrected chi connectivity index (χ3v) is 4.58. The molecule has 2 aliphatic carbocycles. The first-order valence-electron chi connectivity index (χ1n) is 6.61. The number of hydrogen-bond donors (Lipinski definition) is 2. The van der Waals surface area contributed by atoms with Gasteiger partial charge in [-0.2, -0.15) is 0 Å². The number of aliphatic carboxylic acids is 1. The summed E-state index contributed by atoms with van der Waals surface area (Å²) >= 11 is 0. The topological polar surface area (TPSA) is 57.5 Å². The van der Waals surface area contributed by atoms with Crippen molar-refractivity contribution in [1.82, 2.24) is 0 Å². The predicted molar refractivity (Wildman–Crippen MR) is 70.1 cm³/mol. The van der Waals surface area contributed by atoms with Gasteiger partial charge in [0.05, 0.1) is 6.10 Å². The van der Waals surface area contributed by atoms with Crippen molar-refractivity contribution in [3.05, 3.63) is 23.8 Å². The quantitative estimate of drug-likeness (QED) is 0.703. The number of carboxylic acid groups (broad SMARTS) is 1. The number of aliphatic hydroxyl groups excluding tert-OH is 1. The lowest BCUT2D eigenvalue weighted by Gasteiger charge is -2.54. The Bertz CT molecular complexity index is 406. The van der Waals surface area contributed by atoms with Crippen LogP contribution in [0, 0.1) is 17.3 Å². The van der Waals surface area contributed by atoms with E-state index in [-0.39, 0.29) is 17.8 Å². The molecule has 2 rings (SSSR count). The number of fused-ring (bicyclic) bond motifs is 1. The number of carboxylic acids is 1. The molecule has 0 aromatic carbocycles. The van der Waals surface area contributed by atoms with E-state index < -0.39 is 12.1 Å². The van der Waals surface area contributed by atoms with Gasteiger partial charge in [-0.1, -0.05) is 32.1 Å². The molecule has 3 heteroatoms. The number of carbonyl (C=O) groups is 1. The summed E-state index contributed by atoms with van der Waals surface area (Å²) in [6.07, 6.45) is 4.03. The molecule has 3 atom stereocenters. The van der Waals surface area contributed by atoms with Crippen molar-refractivity contribution in [1.29, 1.82) is 0 Å². The fourth-order valence-electron chi connectivity index (χ4n) is 3.63. The van der Waals surface area contributed by atoms with Crippen LogP contribution in [0.25, 0.3) is 0 Å². The van der Waals surface area contributed by atoms with Crippen molar-refractivity contribution in [2.24, 2.45) is 17.3 Å². The molecule has 0 amide bonds. The zero-order valence-corrected chi connectivity index (χ0v) is 11.1. The van der Waals surface area contributed by atoms with Crippen molar-refractivity contribution in [2.75, 3.05) is 0 Å². The average Bonchev–Trinajstić information content (AvgIpc) is 2.27. The van der Waals surface area contributed by atoms with Crippen LogP contribution in [0.1, 0.15) is 39.5 Å². The van der Waals surface area contributed by atoms with E-state index in [1.54, 1.807) is 6.08 Å². The van der Waals surface area contributed by atoms with E-state index in [0.29, 0.717) is 11.5 Å². The van der Waals surface area contributed by atoms with Crippen LogP contribution in [-0.4, -0.2) is 22.3 Å². The normalized spacial score (nSPS) is 38.3. The Morgan fingerprint density at radius 3 is 2.72 bits per heavy atom. The molecule has 2 aliphatic rings. The molecule has 2 N–H and O–H groups in total. The van der Waals surface area contributed by atoms with Gasteiger partial charge in [-0.05, 0) is 36.5 Å². The lowest BCUT2D eigenvalue weighted by Crippen LogP contribution is -2.51. The molecule has 100 valence electrons. The summed E-state index contributed by atoms with van der Waals surface area (Å²) in [5.74, 6) is -0.405. The number of allylic oxidation sites excluding steroid dienone is 2. The van der Waals surface area contributed by atoms with Gasteiger partial charge < -0.3 is 10.2 Å². The fourth-order valence-corrected chi connectivity index (χ4v) is 3.63. The minimum Gasteiger partial charge on any atom is -0.478 e. The first-order chi connectivity index (χ1) is 8.33. The molecule has 18 heavy (non-hydrogen) atoms. The van der Waals surface area contributed by atoms with Gasteiger partial charge in [-0.15, -0.1) is 0 Å². The lowest BCUT2D eigenvalue weighted by molar-refractivity contribution is -0.134. The Kier molecular flexibility index (Phi) is 3.37. The maximum absolute atomic E-state index is 11.1. The summed E-state index contributed by atoms with van der Waals surface area (Å²) in [6.45, 7) is 8.41. The molecule has 0 unspecified atom stereocenters. The van der Waals surface area contributed by atoms with Gasteiger partial charge in [-0.3, -0.25) is 0 Å². The summed E-state index contributed by atoms with van der Waals surface area (Å²) in [7, 11) is 0. The van der Waals surface area contributed by atoms with E-state index in [4.69, 9.17) is 5.11 Å². The standard InChI is InChI=1S/C15H22O3/c1-9-5-4-6-10(14(17)18)7-12(16)13-11(9)8-15(13,2)3/h6,11-13,16H,1,4-5,7-8H2,2-3H3,(H,17,18)/b10-6-/t11-,12+,13+/m1/s1. The molecule has 1 fully saturated rings. The Morgan fingerprint density at radius 2 is 2.17 bits per heavy atom. The van der Waals surface area contributed by atoms with E-state index in [2.05, 4.69) is 20.4 Å². The van der Waals surface area contributed by atoms with Crippen LogP contribution in [0.3, 0.4) is 0 Å². The highest BCUT2D eigenvalue weighted by Gasteiger charge is 2.51. The number of aliphatic hydroxyl groups is 1. The monoisotopic (exact) mass is 250 g/mol. The van der Waals surface area contributed by atoms with Crippen LogP contribution in [0.4, 0.5) is 0 Å². The summed E-state index contributed by atoms with van der Waals surface area (Å²) in [5.41, 5.74) is 1.60. The second-order valence-corrected chi connectivity index (χ2v) is 6.33. The molecule has 0 bridgehead atoms. The SMILES string of the molecule is C=C1CC/C=C(\C(=O)O)C[C@H](O)[C@@H]2[C@@H]1CC2(C)C. The van der Waals surface area contributed by atoms with Gasteiger partial charge in [-0.25, -0.2) is 4.79 Å². The van der Waals surface area contributed by atoms with Gasteiger partial charge >= 0.3 is 5.97 Å². The minimum absolute atomic E-state index is 0.0843. The molecule has 0 spiro atoms. The molecule has 3 nitrogen and oxygen atoms in total. The molecule has 0 aromatic rings. The smallest absolute Gasteiger partial charge is 0.331 e. The van der Waals surface area contributed by atoms with Crippen LogP contribution < -0.4 is 0 Å². The van der Waals surface area contributed by atoms with Crippen molar-refractivity contribution in [3.8, 4) is 0 Å². The van der Waals surface area contributed by atoms with E-state index in [9.17, 15) is 9.90 Å². The van der Waals surface area contributed by atoms with Crippen LogP contribution >= 0.6 is 0 Å². The van der Waals surface area contributed by atoms with Gasteiger partial charge in [0.25, 0.3) is 0 Å². The van der Waals surface area contributed by atoms with Crippen LogP contribution in [0.5, 0.6) is 0 Å².